The molecule has 0 saturated carbocycles. The fourth-order valence-electron chi connectivity index (χ4n) is 3.74. The van der Waals surface area contributed by atoms with E-state index in [9.17, 15) is 0 Å². The fraction of sp³-hybridized carbons (Fsp3) is 1.00. The van der Waals surface area contributed by atoms with Gasteiger partial charge in [-0.3, -0.25) is 0 Å². The smallest absolute Gasteiger partial charge is 0.118 e. The van der Waals surface area contributed by atoms with Gasteiger partial charge in [0.25, 0.3) is 0 Å². The molecule has 118 valence electrons. The first-order valence-corrected chi connectivity index (χ1v) is 8.37. The molecule has 1 unspecified atom stereocenters. The van der Waals surface area contributed by atoms with Gasteiger partial charge >= 0.3 is 0 Å². The summed E-state index contributed by atoms with van der Waals surface area (Å²) in [4.78, 5) is 0. The highest BCUT2D eigenvalue weighted by Gasteiger charge is 2.55. The molecule has 2 aliphatic heterocycles. The van der Waals surface area contributed by atoms with E-state index in [0.29, 0.717) is 17.9 Å². The minimum atomic E-state index is 0.0915. The first kappa shape index (κ1) is 16.3. The van der Waals surface area contributed by atoms with Crippen molar-refractivity contribution in [2.24, 2.45) is 17.8 Å². The van der Waals surface area contributed by atoms with E-state index in [1.54, 1.807) is 0 Å². The zero-order chi connectivity index (χ0) is 14.6. The molecule has 0 aromatic carbocycles. The molecule has 0 radical (unpaired) electrons. The van der Waals surface area contributed by atoms with Crippen LogP contribution in [0.25, 0.3) is 0 Å². The number of rotatable bonds is 8. The average Bonchev–Trinajstić information content (AvgIpc) is 3.23. The molecule has 1 spiro atoms. The van der Waals surface area contributed by atoms with Gasteiger partial charge in [0.05, 0.1) is 19.3 Å². The Balaban J connectivity index is 1.89. The van der Waals surface area contributed by atoms with Crippen LogP contribution in [0.2, 0.25) is 0 Å². The van der Waals surface area contributed by atoms with Crippen LogP contribution < -0.4 is 0 Å². The van der Waals surface area contributed by atoms with Gasteiger partial charge < -0.3 is 14.2 Å². The summed E-state index contributed by atoms with van der Waals surface area (Å²) in [5.74, 6) is 2.13. The second-order valence-electron chi connectivity index (χ2n) is 6.85. The second-order valence-corrected chi connectivity index (χ2v) is 6.85. The number of hydrogen-bond donors (Lipinski definition) is 0. The van der Waals surface area contributed by atoms with Crippen LogP contribution in [-0.4, -0.2) is 38.6 Å². The summed E-state index contributed by atoms with van der Waals surface area (Å²) in [6, 6.07) is 0. The van der Waals surface area contributed by atoms with E-state index in [1.807, 2.05) is 7.11 Å². The van der Waals surface area contributed by atoms with Gasteiger partial charge in [-0.15, -0.1) is 0 Å². The van der Waals surface area contributed by atoms with Crippen molar-refractivity contribution in [1.82, 2.24) is 0 Å². The normalized spacial score (nSPS) is 33.9. The molecular formula is C17H32O3. The second kappa shape index (κ2) is 7.24. The summed E-state index contributed by atoms with van der Waals surface area (Å²) < 4.78 is 16.9. The highest BCUT2D eigenvalue weighted by atomic mass is 16.6. The lowest BCUT2D eigenvalue weighted by Crippen LogP contribution is -2.40. The van der Waals surface area contributed by atoms with Crippen molar-refractivity contribution in [3.63, 3.8) is 0 Å². The summed E-state index contributed by atoms with van der Waals surface area (Å²) in [6.07, 6.45) is 6.69. The number of ether oxygens (including phenoxy) is 3. The highest BCUT2D eigenvalue weighted by Crippen LogP contribution is 2.47. The van der Waals surface area contributed by atoms with Crippen molar-refractivity contribution < 1.29 is 14.2 Å². The number of methoxy groups -OCH3 is 1. The Morgan fingerprint density at radius 1 is 1.20 bits per heavy atom. The predicted octanol–water partition coefficient (Wildman–Crippen LogP) is 3.66. The Bertz CT molecular complexity index is 288. The highest BCUT2D eigenvalue weighted by molar-refractivity contribution is 5.02. The maximum atomic E-state index is 5.80. The zero-order valence-electron chi connectivity index (χ0n) is 13.7. The molecule has 0 bridgehead atoms. The van der Waals surface area contributed by atoms with Gasteiger partial charge in [0.2, 0.25) is 0 Å². The van der Waals surface area contributed by atoms with Crippen LogP contribution in [0.15, 0.2) is 0 Å². The van der Waals surface area contributed by atoms with Crippen LogP contribution >= 0.6 is 0 Å². The summed E-state index contributed by atoms with van der Waals surface area (Å²) in [5, 5.41) is 0. The van der Waals surface area contributed by atoms with Crippen LogP contribution in [0.4, 0.5) is 0 Å². The molecule has 0 aliphatic carbocycles. The van der Waals surface area contributed by atoms with Gasteiger partial charge in [0, 0.05) is 13.7 Å². The lowest BCUT2D eigenvalue weighted by Gasteiger charge is -2.36. The third-order valence-electron chi connectivity index (χ3n) is 5.50. The van der Waals surface area contributed by atoms with Gasteiger partial charge in [0.1, 0.15) is 5.60 Å². The lowest BCUT2D eigenvalue weighted by molar-refractivity contribution is -0.0294. The van der Waals surface area contributed by atoms with E-state index in [0.717, 1.165) is 25.7 Å². The van der Waals surface area contributed by atoms with Crippen LogP contribution in [0.3, 0.4) is 0 Å². The zero-order valence-corrected chi connectivity index (χ0v) is 13.7. The maximum absolute atomic E-state index is 5.80. The molecule has 2 saturated heterocycles. The molecule has 20 heavy (non-hydrogen) atoms. The van der Waals surface area contributed by atoms with Gasteiger partial charge in [-0.25, -0.2) is 0 Å². The Kier molecular flexibility index (Phi) is 5.88. The Morgan fingerprint density at radius 2 is 1.95 bits per heavy atom. The Labute approximate surface area is 124 Å². The first-order chi connectivity index (χ1) is 9.63. The van der Waals surface area contributed by atoms with Crippen molar-refractivity contribution in [3.05, 3.63) is 0 Å². The molecule has 2 fully saturated rings. The molecule has 3 nitrogen and oxygen atoms in total. The average molecular weight is 284 g/mol. The summed E-state index contributed by atoms with van der Waals surface area (Å²) in [6.45, 7) is 9.45. The molecular weight excluding hydrogens is 252 g/mol. The van der Waals surface area contributed by atoms with Gasteiger partial charge in [-0.2, -0.15) is 0 Å². The predicted molar refractivity (Wildman–Crippen MR) is 80.9 cm³/mol. The van der Waals surface area contributed by atoms with Crippen molar-refractivity contribution in [3.8, 4) is 0 Å². The Hall–Kier alpha value is -0.120. The van der Waals surface area contributed by atoms with Crippen molar-refractivity contribution in [1.29, 1.82) is 0 Å². The van der Waals surface area contributed by atoms with E-state index < -0.39 is 0 Å². The van der Waals surface area contributed by atoms with E-state index in [1.165, 1.54) is 32.1 Å². The van der Waals surface area contributed by atoms with Crippen LogP contribution in [-0.2, 0) is 14.2 Å². The number of hydrogen-bond acceptors (Lipinski definition) is 3. The van der Waals surface area contributed by atoms with Crippen LogP contribution in [0, 0.1) is 17.8 Å². The van der Waals surface area contributed by atoms with Crippen LogP contribution in [0.1, 0.15) is 52.9 Å². The maximum Gasteiger partial charge on any atom is 0.118 e. The molecule has 0 amide bonds. The quantitative estimate of drug-likeness (QED) is 0.637. The third kappa shape index (κ3) is 3.75. The standard InChI is InChI=1S/C17H32O3/c1-5-6-15(8-7-13(2)14(3)18-4)16-9-10-19-11-17(16)12-20-17/h13-16H,5-12H2,1-4H3/t13-,14-,15-,16?,17+/m0/s1. The van der Waals surface area contributed by atoms with Crippen molar-refractivity contribution in [2.75, 3.05) is 26.9 Å². The van der Waals surface area contributed by atoms with Crippen molar-refractivity contribution in [2.45, 2.75) is 64.6 Å². The molecule has 2 heterocycles. The van der Waals surface area contributed by atoms with E-state index >= 15 is 0 Å². The number of epoxide rings is 1. The van der Waals surface area contributed by atoms with E-state index in [4.69, 9.17) is 14.2 Å². The minimum Gasteiger partial charge on any atom is -0.381 e. The van der Waals surface area contributed by atoms with E-state index in [2.05, 4.69) is 20.8 Å². The molecule has 0 N–H and O–H groups in total. The molecule has 3 heteroatoms. The molecule has 2 aliphatic rings. The summed E-state index contributed by atoms with van der Waals surface area (Å²) in [7, 11) is 1.82. The molecule has 5 atom stereocenters. The van der Waals surface area contributed by atoms with Gasteiger partial charge in [-0.1, -0.05) is 26.7 Å². The monoisotopic (exact) mass is 284 g/mol. The largest absolute Gasteiger partial charge is 0.381 e. The summed E-state index contributed by atoms with van der Waals surface area (Å²) >= 11 is 0. The summed E-state index contributed by atoms with van der Waals surface area (Å²) in [5.41, 5.74) is 0.0915. The molecule has 2 rings (SSSR count). The topological polar surface area (TPSA) is 31.0 Å². The van der Waals surface area contributed by atoms with E-state index in [-0.39, 0.29) is 5.60 Å². The lowest BCUT2D eigenvalue weighted by atomic mass is 9.73. The minimum absolute atomic E-state index is 0.0915. The van der Waals surface area contributed by atoms with Crippen molar-refractivity contribution >= 4 is 0 Å². The SMILES string of the molecule is CCC[C@@H](CC[C@H](C)[C@H](C)OC)C1CCOC[C@@]12CO2. The fourth-order valence-corrected chi connectivity index (χ4v) is 3.74. The molecule has 0 aromatic heterocycles. The molecule has 0 aromatic rings. The van der Waals surface area contributed by atoms with Gasteiger partial charge in [0.15, 0.2) is 0 Å². The van der Waals surface area contributed by atoms with Gasteiger partial charge in [-0.05, 0) is 43.9 Å². The Morgan fingerprint density at radius 3 is 2.55 bits per heavy atom. The van der Waals surface area contributed by atoms with Crippen LogP contribution in [0.5, 0.6) is 0 Å². The first-order valence-electron chi connectivity index (χ1n) is 8.37. The third-order valence-corrected chi connectivity index (χ3v) is 5.50.